The molecule has 2 N–H and O–H groups in total. The van der Waals surface area contributed by atoms with Gasteiger partial charge in [-0.25, -0.2) is 4.98 Å². The number of rotatable bonds is 4. The zero-order valence-electron chi connectivity index (χ0n) is 10.9. The van der Waals surface area contributed by atoms with E-state index in [2.05, 4.69) is 10.3 Å². The first kappa shape index (κ1) is 12.6. The van der Waals surface area contributed by atoms with Crippen LogP contribution in [0.3, 0.4) is 0 Å². The molecular formula is C14H18N2O2. The van der Waals surface area contributed by atoms with Crippen molar-refractivity contribution in [1.82, 2.24) is 10.3 Å². The summed E-state index contributed by atoms with van der Waals surface area (Å²) in [7, 11) is 0. The lowest BCUT2D eigenvalue weighted by molar-refractivity contribution is 0.448. The molecule has 0 saturated carbocycles. The van der Waals surface area contributed by atoms with Crippen LogP contribution in [0.25, 0.3) is 0 Å². The molecule has 0 unspecified atom stereocenters. The lowest BCUT2D eigenvalue weighted by Gasteiger charge is -2.08. The maximum absolute atomic E-state index is 9.69. The van der Waals surface area contributed by atoms with Crippen LogP contribution in [0.2, 0.25) is 0 Å². The predicted octanol–water partition coefficient (Wildman–Crippen LogP) is 2.60. The molecule has 1 heterocycles. The molecule has 1 aromatic heterocycles. The summed E-state index contributed by atoms with van der Waals surface area (Å²) in [6, 6.07) is 3.96. The second-order valence-corrected chi connectivity index (χ2v) is 4.55. The highest BCUT2D eigenvalue weighted by atomic mass is 16.4. The van der Waals surface area contributed by atoms with Gasteiger partial charge in [0.25, 0.3) is 0 Å². The molecule has 0 aliphatic carbocycles. The Labute approximate surface area is 107 Å². The van der Waals surface area contributed by atoms with Crippen LogP contribution in [0.5, 0.6) is 5.75 Å². The summed E-state index contributed by atoms with van der Waals surface area (Å²) in [6.45, 7) is 7.02. The molecule has 18 heavy (non-hydrogen) atoms. The summed E-state index contributed by atoms with van der Waals surface area (Å²) < 4.78 is 5.37. The quantitative estimate of drug-likeness (QED) is 0.870. The molecular weight excluding hydrogens is 228 g/mol. The van der Waals surface area contributed by atoms with Crippen LogP contribution in [0.4, 0.5) is 0 Å². The van der Waals surface area contributed by atoms with E-state index in [-0.39, 0.29) is 0 Å². The molecule has 0 saturated heterocycles. The highest BCUT2D eigenvalue weighted by molar-refractivity contribution is 5.42. The van der Waals surface area contributed by atoms with E-state index in [9.17, 15) is 5.11 Å². The number of aryl methyl sites for hydroxylation is 3. The number of aromatic hydroxyl groups is 1. The number of hydrogen-bond donors (Lipinski definition) is 2. The molecule has 0 atom stereocenters. The minimum absolute atomic E-state index is 0.377. The van der Waals surface area contributed by atoms with Crippen molar-refractivity contribution in [3.63, 3.8) is 0 Å². The highest BCUT2D eigenvalue weighted by Gasteiger charge is 2.04. The fraction of sp³-hybridized carbons (Fsp3) is 0.357. The largest absolute Gasteiger partial charge is 0.507 e. The summed E-state index contributed by atoms with van der Waals surface area (Å²) in [5, 5.41) is 13.0. The van der Waals surface area contributed by atoms with Crippen molar-refractivity contribution in [1.29, 1.82) is 0 Å². The summed E-state index contributed by atoms with van der Waals surface area (Å²) in [5.41, 5.74) is 2.95. The zero-order valence-corrected chi connectivity index (χ0v) is 10.9. The van der Waals surface area contributed by atoms with Crippen molar-refractivity contribution < 1.29 is 9.52 Å². The molecule has 0 amide bonds. The molecule has 2 aromatic rings. The normalized spacial score (nSPS) is 10.8. The van der Waals surface area contributed by atoms with Crippen LogP contribution < -0.4 is 5.32 Å². The first-order valence-corrected chi connectivity index (χ1v) is 5.97. The molecule has 4 heteroatoms. The van der Waals surface area contributed by atoms with Crippen LogP contribution >= 0.6 is 0 Å². The second kappa shape index (κ2) is 5.23. The van der Waals surface area contributed by atoms with E-state index in [1.54, 1.807) is 6.20 Å². The van der Waals surface area contributed by atoms with E-state index in [1.807, 2.05) is 32.9 Å². The fourth-order valence-corrected chi connectivity index (χ4v) is 1.94. The average molecular weight is 246 g/mol. The number of benzene rings is 1. The third-order valence-corrected chi connectivity index (χ3v) is 2.83. The van der Waals surface area contributed by atoms with Crippen molar-refractivity contribution >= 4 is 0 Å². The van der Waals surface area contributed by atoms with Crippen LogP contribution in [-0.2, 0) is 13.1 Å². The Morgan fingerprint density at radius 1 is 1.17 bits per heavy atom. The Bertz CT molecular complexity index is 523. The van der Waals surface area contributed by atoms with Crippen molar-refractivity contribution in [3.05, 3.63) is 46.7 Å². The number of phenolic OH excluding ortho intramolecular Hbond substituents is 1. The maximum Gasteiger partial charge on any atom is 0.208 e. The molecule has 0 aliphatic heterocycles. The molecule has 0 aliphatic rings. The zero-order chi connectivity index (χ0) is 13.1. The second-order valence-electron chi connectivity index (χ2n) is 4.55. The minimum atomic E-state index is 0.377. The molecule has 4 nitrogen and oxygen atoms in total. The van der Waals surface area contributed by atoms with Crippen molar-refractivity contribution in [2.45, 2.75) is 33.9 Å². The summed E-state index contributed by atoms with van der Waals surface area (Å²) in [5.74, 6) is 1.89. The molecule has 0 spiro atoms. The van der Waals surface area contributed by atoms with Gasteiger partial charge in [0, 0.05) is 6.54 Å². The fourth-order valence-electron chi connectivity index (χ4n) is 1.94. The monoisotopic (exact) mass is 246 g/mol. The van der Waals surface area contributed by atoms with E-state index in [4.69, 9.17) is 4.42 Å². The van der Waals surface area contributed by atoms with Gasteiger partial charge in [-0.05, 0) is 37.5 Å². The number of nitrogens with one attached hydrogen (secondary N) is 1. The van der Waals surface area contributed by atoms with Gasteiger partial charge in [-0.3, -0.25) is 0 Å². The lowest BCUT2D eigenvalue weighted by atomic mass is 10.1. The van der Waals surface area contributed by atoms with E-state index in [0.29, 0.717) is 18.2 Å². The van der Waals surface area contributed by atoms with Crippen molar-refractivity contribution in [3.8, 4) is 5.75 Å². The van der Waals surface area contributed by atoms with Gasteiger partial charge in [-0.2, -0.15) is 0 Å². The third-order valence-electron chi connectivity index (χ3n) is 2.83. The highest BCUT2D eigenvalue weighted by Crippen LogP contribution is 2.22. The number of oxazole rings is 1. The molecule has 1 aromatic carbocycles. The van der Waals surface area contributed by atoms with Gasteiger partial charge in [-0.1, -0.05) is 12.1 Å². The molecule has 96 valence electrons. The van der Waals surface area contributed by atoms with Gasteiger partial charge in [0.2, 0.25) is 5.89 Å². The number of nitrogens with zero attached hydrogens (tertiary/aromatic N) is 1. The van der Waals surface area contributed by atoms with Crippen LogP contribution in [0.15, 0.2) is 22.7 Å². The van der Waals surface area contributed by atoms with Gasteiger partial charge in [0.15, 0.2) is 0 Å². The topological polar surface area (TPSA) is 58.3 Å². The molecule has 0 bridgehead atoms. The summed E-state index contributed by atoms with van der Waals surface area (Å²) >= 11 is 0. The van der Waals surface area contributed by atoms with E-state index < -0.39 is 0 Å². The first-order chi connectivity index (χ1) is 8.56. The van der Waals surface area contributed by atoms with E-state index in [1.165, 1.54) is 0 Å². The first-order valence-electron chi connectivity index (χ1n) is 5.97. The van der Waals surface area contributed by atoms with Crippen LogP contribution in [0, 0.1) is 20.8 Å². The van der Waals surface area contributed by atoms with Crippen molar-refractivity contribution in [2.24, 2.45) is 0 Å². The van der Waals surface area contributed by atoms with Crippen molar-refractivity contribution in [2.75, 3.05) is 0 Å². The number of aromatic nitrogens is 1. The maximum atomic E-state index is 9.69. The van der Waals surface area contributed by atoms with Crippen LogP contribution in [-0.4, -0.2) is 10.1 Å². The van der Waals surface area contributed by atoms with Gasteiger partial charge >= 0.3 is 0 Å². The smallest absolute Gasteiger partial charge is 0.208 e. The van der Waals surface area contributed by atoms with Gasteiger partial charge in [0.05, 0.1) is 12.7 Å². The van der Waals surface area contributed by atoms with Gasteiger partial charge in [0.1, 0.15) is 11.5 Å². The summed E-state index contributed by atoms with van der Waals surface area (Å²) in [4.78, 5) is 4.13. The number of hydrogen-bond acceptors (Lipinski definition) is 4. The predicted molar refractivity (Wildman–Crippen MR) is 69.4 cm³/mol. The lowest BCUT2D eigenvalue weighted by Crippen LogP contribution is -2.13. The SMILES string of the molecule is Cc1cnc(CNCc2cc(C)c(O)c(C)c2)o1. The Balaban J connectivity index is 1.94. The molecule has 2 rings (SSSR count). The van der Waals surface area contributed by atoms with Gasteiger partial charge in [-0.15, -0.1) is 0 Å². The van der Waals surface area contributed by atoms with Gasteiger partial charge < -0.3 is 14.8 Å². The van der Waals surface area contributed by atoms with E-state index >= 15 is 0 Å². The minimum Gasteiger partial charge on any atom is -0.507 e. The van der Waals surface area contributed by atoms with E-state index in [0.717, 1.165) is 29.0 Å². The molecule has 0 radical (unpaired) electrons. The Kier molecular flexibility index (Phi) is 3.67. The summed E-state index contributed by atoms with van der Waals surface area (Å²) in [6.07, 6.45) is 1.71. The Morgan fingerprint density at radius 3 is 2.39 bits per heavy atom. The van der Waals surface area contributed by atoms with Crippen LogP contribution in [0.1, 0.15) is 28.3 Å². The molecule has 0 fully saturated rings. The third kappa shape index (κ3) is 2.90. The average Bonchev–Trinajstić information content (AvgIpc) is 2.72. The Morgan fingerprint density at radius 2 is 1.83 bits per heavy atom. The Hall–Kier alpha value is -1.81. The standard InChI is InChI=1S/C14H18N2O2/c1-9-4-12(5-10(2)14(9)17)7-15-8-13-16-6-11(3)18-13/h4-6,15,17H,7-8H2,1-3H3. The number of phenols is 1.